The number of hydrogen-bond acceptors (Lipinski definition) is 15. The highest BCUT2D eigenvalue weighted by Crippen LogP contribution is 2.45. The predicted octanol–water partition coefficient (Wildman–Crippen LogP) is 20.2. The first-order valence-corrected chi connectivity index (χ1v) is 39.8. The summed E-state index contributed by atoms with van der Waals surface area (Å²) in [5.41, 5.74) is 0. The zero-order valence-corrected chi connectivity index (χ0v) is 60.4. The van der Waals surface area contributed by atoms with E-state index in [1.54, 1.807) is 0 Å². The summed E-state index contributed by atoms with van der Waals surface area (Å²) in [5.74, 6) is 0.163. The lowest BCUT2D eigenvalue weighted by Crippen LogP contribution is -2.30. The van der Waals surface area contributed by atoms with E-state index in [4.69, 9.17) is 37.0 Å². The lowest BCUT2D eigenvalue weighted by atomic mass is 10.0. The second kappa shape index (κ2) is 61.9. The number of phosphoric acid groups is 2. The Kier molecular flexibility index (Phi) is 60.6. The average Bonchev–Trinajstić information content (AvgIpc) is 2.80. The molecule has 0 saturated carbocycles. The first kappa shape index (κ1) is 88.1. The molecule has 17 nitrogen and oxygen atoms in total. The van der Waals surface area contributed by atoms with Crippen LogP contribution in [0.3, 0.4) is 0 Å². The normalized spacial score (nSPS) is 14.2. The monoisotopic (exact) mass is 1320 g/mol. The molecule has 0 amide bonds. The summed E-state index contributed by atoms with van der Waals surface area (Å²) in [6.45, 7) is 11.8. The minimum atomic E-state index is -4.95. The summed E-state index contributed by atoms with van der Waals surface area (Å²) in [5, 5.41) is 10.6. The molecule has 0 aromatic rings. The van der Waals surface area contributed by atoms with Gasteiger partial charge in [0.15, 0.2) is 12.2 Å². The van der Waals surface area contributed by atoms with E-state index in [0.717, 1.165) is 108 Å². The molecule has 90 heavy (non-hydrogen) atoms. The SMILES string of the molecule is CCCCCCCCCCCC(=O)OC[C@H](COP(=O)(O)OC[C@H](O)COP(=O)(O)OC[C@@H](COC(=O)CCCCCCCCCCCCCC(C)C)OC(=O)CCCCCCCCCCCCCC(C)C)OC(=O)CCCCCCCCCCCCC(C)C. The van der Waals surface area contributed by atoms with Crippen LogP contribution in [-0.2, 0) is 65.4 Å². The summed E-state index contributed by atoms with van der Waals surface area (Å²) in [7, 11) is -9.90. The highest BCUT2D eigenvalue weighted by molar-refractivity contribution is 7.47. The van der Waals surface area contributed by atoms with Gasteiger partial charge in [0.2, 0.25) is 0 Å². The number of carbonyl (C=O) groups is 4. The van der Waals surface area contributed by atoms with E-state index >= 15 is 0 Å². The third kappa shape index (κ3) is 64.8. The zero-order chi connectivity index (χ0) is 66.6. The molecule has 0 spiro atoms. The number of phosphoric ester groups is 2. The minimum absolute atomic E-state index is 0.106. The van der Waals surface area contributed by atoms with Crippen molar-refractivity contribution in [3.8, 4) is 0 Å². The van der Waals surface area contributed by atoms with Gasteiger partial charge in [0.1, 0.15) is 19.3 Å². The highest BCUT2D eigenvalue weighted by atomic mass is 31.2. The second-order valence-electron chi connectivity index (χ2n) is 27.1. The standard InChI is InChI=1S/C71H138O17P2/c1-8-9-10-11-12-21-31-38-45-52-68(73)81-58-66(88-71(76)55-48-41-34-27-20-19-24-30-37-44-51-64(6)7)60-85-89(77,78)83-56-65(72)57-84-90(79,80)86-61-67(87-70(75)54-47-40-33-26-18-14-16-23-29-36-43-50-63(4)5)59-82-69(74)53-46-39-32-25-17-13-15-22-28-35-42-49-62(2)3/h62-67,72H,8-61H2,1-7H3,(H,77,78)(H,79,80)/t65-,66+,67+/m0/s1. The van der Waals surface area contributed by atoms with Crippen molar-refractivity contribution in [3.63, 3.8) is 0 Å². The fraction of sp³-hybridized carbons (Fsp3) is 0.944. The summed E-state index contributed by atoms with van der Waals surface area (Å²) < 4.78 is 68.3. The molecule has 0 aliphatic heterocycles. The molecule has 0 aliphatic carbocycles. The molecular weight excluding hydrogens is 1190 g/mol. The van der Waals surface area contributed by atoms with Crippen LogP contribution in [0, 0.1) is 17.8 Å². The van der Waals surface area contributed by atoms with Crippen LogP contribution in [0.1, 0.15) is 357 Å². The summed E-state index contributed by atoms with van der Waals surface area (Å²) in [6, 6.07) is 0. The third-order valence-electron chi connectivity index (χ3n) is 16.4. The second-order valence-corrected chi connectivity index (χ2v) is 30.0. The molecule has 534 valence electrons. The fourth-order valence-electron chi connectivity index (χ4n) is 10.7. The zero-order valence-electron chi connectivity index (χ0n) is 58.6. The maximum Gasteiger partial charge on any atom is 0.472 e. The molecule has 19 heteroatoms. The largest absolute Gasteiger partial charge is 0.472 e. The van der Waals surface area contributed by atoms with Crippen molar-refractivity contribution in [1.82, 2.24) is 0 Å². The molecule has 0 aromatic carbocycles. The molecule has 0 aromatic heterocycles. The van der Waals surface area contributed by atoms with E-state index < -0.39 is 97.5 Å². The van der Waals surface area contributed by atoms with Gasteiger partial charge in [-0.05, 0) is 43.4 Å². The van der Waals surface area contributed by atoms with Crippen molar-refractivity contribution in [1.29, 1.82) is 0 Å². The lowest BCUT2D eigenvalue weighted by molar-refractivity contribution is -0.161. The van der Waals surface area contributed by atoms with Crippen LogP contribution >= 0.6 is 15.6 Å². The summed E-state index contributed by atoms with van der Waals surface area (Å²) in [4.78, 5) is 72.6. The average molecular weight is 1330 g/mol. The van der Waals surface area contributed by atoms with Gasteiger partial charge in [-0.15, -0.1) is 0 Å². The number of unbranched alkanes of at least 4 members (excludes halogenated alkanes) is 37. The van der Waals surface area contributed by atoms with Gasteiger partial charge in [0.05, 0.1) is 26.4 Å². The lowest BCUT2D eigenvalue weighted by Gasteiger charge is -2.21. The number of aliphatic hydroxyl groups excluding tert-OH is 1. The van der Waals surface area contributed by atoms with Crippen molar-refractivity contribution in [2.75, 3.05) is 39.6 Å². The Morgan fingerprint density at radius 1 is 0.300 bits per heavy atom. The minimum Gasteiger partial charge on any atom is -0.462 e. The van der Waals surface area contributed by atoms with E-state index in [0.29, 0.717) is 25.7 Å². The van der Waals surface area contributed by atoms with Crippen LogP contribution in [0.15, 0.2) is 0 Å². The predicted molar refractivity (Wildman–Crippen MR) is 363 cm³/mol. The molecule has 0 saturated heterocycles. The van der Waals surface area contributed by atoms with Crippen LogP contribution in [0.4, 0.5) is 0 Å². The quantitative estimate of drug-likeness (QED) is 0.0222. The van der Waals surface area contributed by atoms with E-state index in [9.17, 15) is 43.2 Å². The van der Waals surface area contributed by atoms with Gasteiger partial charge in [-0.3, -0.25) is 37.3 Å². The molecule has 0 aliphatic rings. The molecule has 0 bridgehead atoms. The molecule has 5 atom stereocenters. The summed E-state index contributed by atoms with van der Waals surface area (Å²) >= 11 is 0. The Labute approximate surface area is 549 Å². The number of hydrogen-bond donors (Lipinski definition) is 3. The molecular formula is C71H138O17P2. The van der Waals surface area contributed by atoms with Crippen molar-refractivity contribution < 1.29 is 80.2 Å². The van der Waals surface area contributed by atoms with Gasteiger partial charge in [-0.2, -0.15) is 0 Å². The molecule has 2 unspecified atom stereocenters. The molecule has 0 heterocycles. The van der Waals surface area contributed by atoms with Gasteiger partial charge < -0.3 is 33.8 Å². The number of rotatable bonds is 69. The van der Waals surface area contributed by atoms with Crippen LogP contribution in [-0.4, -0.2) is 96.7 Å². The van der Waals surface area contributed by atoms with E-state index in [2.05, 4.69) is 48.5 Å². The van der Waals surface area contributed by atoms with Crippen LogP contribution in [0.2, 0.25) is 0 Å². The van der Waals surface area contributed by atoms with Crippen molar-refractivity contribution in [2.24, 2.45) is 17.8 Å². The molecule has 3 N–H and O–H groups in total. The fourth-order valence-corrected chi connectivity index (χ4v) is 12.3. The van der Waals surface area contributed by atoms with Crippen LogP contribution in [0.25, 0.3) is 0 Å². The third-order valence-corrected chi connectivity index (χ3v) is 18.3. The Morgan fingerprint density at radius 3 is 0.756 bits per heavy atom. The Balaban J connectivity index is 5.25. The van der Waals surface area contributed by atoms with Gasteiger partial charge in [0, 0.05) is 25.7 Å². The molecule has 0 radical (unpaired) electrons. The van der Waals surface area contributed by atoms with Gasteiger partial charge in [-0.1, -0.05) is 305 Å². The maximum atomic E-state index is 13.0. The van der Waals surface area contributed by atoms with E-state index in [-0.39, 0.29) is 25.7 Å². The first-order chi connectivity index (χ1) is 43.2. The van der Waals surface area contributed by atoms with Crippen molar-refractivity contribution in [3.05, 3.63) is 0 Å². The first-order valence-electron chi connectivity index (χ1n) is 36.8. The molecule has 0 fully saturated rings. The summed E-state index contributed by atoms with van der Waals surface area (Å²) in [6.07, 6.45) is 45.7. The van der Waals surface area contributed by atoms with Gasteiger partial charge >= 0.3 is 39.5 Å². The Hall–Kier alpha value is -1.94. The van der Waals surface area contributed by atoms with E-state index in [1.165, 1.54) is 167 Å². The topological polar surface area (TPSA) is 237 Å². The number of esters is 4. The van der Waals surface area contributed by atoms with Gasteiger partial charge in [0.25, 0.3) is 0 Å². The smallest absolute Gasteiger partial charge is 0.462 e. The van der Waals surface area contributed by atoms with E-state index in [1.807, 2.05) is 0 Å². The van der Waals surface area contributed by atoms with Crippen molar-refractivity contribution >= 4 is 39.5 Å². The van der Waals surface area contributed by atoms with Gasteiger partial charge in [-0.25, -0.2) is 9.13 Å². The van der Waals surface area contributed by atoms with Crippen LogP contribution < -0.4 is 0 Å². The Morgan fingerprint density at radius 2 is 0.511 bits per heavy atom. The highest BCUT2D eigenvalue weighted by Gasteiger charge is 2.30. The number of ether oxygens (including phenoxy) is 4. The van der Waals surface area contributed by atoms with Crippen LogP contribution in [0.5, 0.6) is 0 Å². The molecule has 0 rings (SSSR count). The number of aliphatic hydroxyl groups is 1. The van der Waals surface area contributed by atoms with Crippen molar-refractivity contribution in [2.45, 2.75) is 375 Å². The Bertz CT molecular complexity index is 1770. The number of carbonyl (C=O) groups excluding carboxylic acids is 4. The maximum absolute atomic E-state index is 13.0.